The number of nitrogens with zero attached hydrogens (tertiary/aromatic N) is 1. The zero-order valence-electron chi connectivity index (χ0n) is 21.8. The van der Waals surface area contributed by atoms with Gasteiger partial charge in [0.1, 0.15) is 11.2 Å². The highest BCUT2D eigenvalue weighted by molar-refractivity contribution is 6.14. The first-order chi connectivity index (χ1) is 19.1. The highest BCUT2D eigenvalue weighted by Crippen LogP contribution is 2.54. The van der Waals surface area contributed by atoms with Gasteiger partial charge < -0.3 is 8.98 Å². The van der Waals surface area contributed by atoms with Crippen molar-refractivity contribution in [3.05, 3.63) is 126 Å². The van der Waals surface area contributed by atoms with Gasteiger partial charge in [0.15, 0.2) is 0 Å². The summed E-state index contributed by atoms with van der Waals surface area (Å²) in [4.78, 5) is 0. The van der Waals surface area contributed by atoms with Crippen LogP contribution in [0.1, 0.15) is 25.0 Å². The number of fused-ring (bicyclic) bond motifs is 11. The molecule has 1 aliphatic carbocycles. The minimum Gasteiger partial charge on any atom is -0.456 e. The molecule has 0 aliphatic heterocycles. The Balaban J connectivity index is 1.43. The molecule has 0 spiro atoms. The van der Waals surface area contributed by atoms with Crippen LogP contribution in [-0.2, 0) is 5.41 Å². The normalized spacial score (nSPS) is 14.1. The highest BCUT2D eigenvalue weighted by Gasteiger charge is 2.38. The Morgan fingerprint density at radius 3 is 2.15 bits per heavy atom. The third kappa shape index (κ3) is 2.66. The molecule has 0 fully saturated rings. The maximum Gasteiger partial charge on any atom is 0.135 e. The summed E-state index contributed by atoms with van der Waals surface area (Å²) in [6, 6.07) is 42.0. The number of furan rings is 1. The second-order valence-electron chi connectivity index (χ2n) is 11.4. The fourth-order valence-electron chi connectivity index (χ4n) is 7.15. The van der Waals surface area contributed by atoms with E-state index in [1.807, 2.05) is 12.1 Å². The summed E-state index contributed by atoms with van der Waals surface area (Å²) in [5, 5.41) is 7.47. The molecule has 2 heterocycles. The van der Waals surface area contributed by atoms with Crippen molar-refractivity contribution in [2.24, 2.45) is 0 Å². The van der Waals surface area contributed by atoms with Crippen LogP contribution in [0.3, 0.4) is 0 Å². The van der Waals surface area contributed by atoms with E-state index in [0.29, 0.717) is 0 Å². The van der Waals surface area contributed by atoms with E-state index >= 15 is 0 Å². The van der Waals surface area contributed by atoms with E-state index in [4.69, 9.17) is 4.42 Å². The molecule has 184 valence electrons. The smallest absolute Gasteiger partial charge is 0.135 e. The first kappa shape index (κ1) is 21.2. The van der Waals surface area contributed by atoms with Crippen LogP contribution in [0.25, 0.3) is 71.3 Å². The van der Waals surface area contributed by atoms with Crippen LogP contribution in [0.4, 0.5) is 0 Å². The molecule has 2 nitrogen and oxygen atoms in total. The number of hydrogen-bond acceptors (Lipinski definition) is 1. The average Bonchev–Trinajstić information content (AvgIpc) is 3.57. The lowest BCUT2D eigenvalue weighted by Crippen LogP contribution is -2.16. The van der Waals surface area contributed by atoms with Gasteiger partial charge in [-0.1, -0.05) is 86.6 Å². The molecule has 39 heavy (non-hydrogen) atoms. The van der Waals surface area contributed by atoms with Crippen LogP contribution in [-0.4, -0.2) is 4.57 Å². The van der Waals surface area contributed by atoms with E-state index in [1.165, 1.54) is 54.8 Å². The molecular formula is C37H25NO. The third-order valence-electron chi connectivity index (χ3n) is 8.93. The fourth-order valence-corrected chi connectivity index (χ4v) is 7.15. The molecule has 0 unspecified atom stereocenters. The van der Waals surface area contributed by atoms with Gasteiger partial charge in [0.05, 0.1) is 11.0 Å². The van der Waals surface area contributed by atoms with Gasteiger partial charge in [-0.2, -0.15) is 0 Å². The summed E-state index contributed by atoms with van der Waals surface area (Å²) in [7, 11) is 0. The van der Waals surface area contributed by atoms with E-state index in [0.717, 1.165) is 27.6 Å². The lowest BCUT2D eigenvalue weighted by atomic mass is 9.81. The zero-order chi connectivity index (χ0) is 25.9. The first-order valence-electron chi connectivity index (χ1n) is 13.6. The molecule has 9 rings (SSSR count). The summed E-state index contributed by atoms with van der Waals surface area (Å²) in [5.74, 6) is 0. The predicted molar refractivity (Wildman–Crippen MR) is 163 cm³/mol. The van der Waals surface area contributed by atoms with Gasteiger partial charge in [0, 0.05) is 32.6 Å². The summed E-state index contributed by atoms with van der Waals surface area (Å²) < 4.78 is 8.66. The van der Waals surface area contributed by atoms with Crippen molar-refractivity contribution in [2.45, 2.75) is 19.3 Å². The van der Waals surface area contributed by atoms with Crippen molar-refractivity contribution in [2.75, 3.05) is 0 Å². The van der Waals surface area contributed by atoms with Gasteiger partial charge in [0.2, 0.25) is 0 Å². The fraction of sp³-hybridized carbons (Fsp3) is 0.0811. The quantitative estimate of drug-likeness (QED) is 0.220. The second kappa shape index (κ2) is 7.18. The number of hydrogen-bond donors (Lipinski definition) is 0. The minimum absolute atomic E-state index is 0.146. The summed E-state index contributed by atoms with van der Waals surface area (Å²) in [6.45, 7) is 4.78. The topological polar surface area (TPSA) is 18.1 Å². The zero-order valence-corrected chi connectivity index (χ0v) is 21.8. The van der Waals surface area contributed by atoms with Crippen LogP contribution in [0, 0.1) is 0 Å². The Labute approximate surface area is 225 Å². The molecule has 0 bridgehead atoms. The molecule has 1 aliphatic rings. The molecule has 8 aromatic rings. The molecular weight excluding hydrogens is 474 g/mol. The monoisotopic (exact) mass is 499 g/mol. The third-order valence-corrected chi connectivity index (χ3v) is 8.93. The predicted octanol–water partition coefficient (Wildman–Crippen LogP) is 10.1. The number of rotatable bonds is 1. The molecule has 2 aromatic heterocycles. The lowest BCUT2D eigenvalue weighted by Gasteiger charge is -2.24. The van der Waals surface area contributed by atoms with Crippen LogP contribution in [0.5, 0.6) is 0 Å². The van der Waals surface area contributed by atoms with Crippen LogP contribution in [0.2, 0.25) is 0 Å². The van der Waals surface area contributed by atoms with Crippen molar-refractivity contribution in [3.63, 3.8) is 0 Å². The van der Waals surface area contributed by atoms with Crippen molar-refractivity contribution in [1.82, 2.24) is 4.57 Å². The Bertz CT molecular complexity index is 2310. The number of benzene rings is 6. The van der Waals surface area contributed by atoms with Crippen LogP contribution < -0.4 is 0 Å². The first-order valence-corrected chi connectivity index (χ1v) is 13.6. The van der Waals surface area contributed by atoms with Crippen LogP contribution >= 0.6 is 0 Å². The summed E-state index contributed by atoms with van der Waals surface area (Å²) >= 11 is 0. The Morgan fingerprint density at radius 1 is 0.564 bits per heavy atom. The second-order valence-corrected chi connectivity index (χ2v) is 11.4. The lowest BCUT2D eigenvalue weighted by molar-refractivity contribution is 0.664. The molecule has 0 atom stereocenters. The maximum absolute atomic E-state index is 6.18. The van der Waals surface area contributed by atoms with Crippen molar-refractivity contribution < 1.29 is 4.42 Å². The van der Waals surface area contributed by atoms with E-state index in [9.17, 15) is 0 Å². The molecule has 6 aromatic carbocycles. The van der Waals surface area contributed by atoms with E-state index in [-0.39, 0.29) is 5.41 Å². The highest BCUT2D eigenvalue weighted by atomic mass is 16.3. The van der Waals surface area contributed by atoms with Crippen molar-refractivity contribution in [1.29, 1.82) is 0 Å². The van der Waals surface area contributed by atoms with Gasteiger partial charge in [0.25, 0.3) is 0 Å². The van der Waals surface area contributed by atoms with Gasteiger partial charge >= 0.3 is 0 Å². The molecule has 0 amide bonds. The number of aromatic nitrogens is 1. The minimum atomic E-state index is -0.146. The molecule has 0 radical (unpaired) electrons. The van der Waals surface area contributed by atoms with Gasteiger partial charge in [-0.15, -0.1) is 0 Å². The van der Waals surface area contributed by atoms with E-state index < -0.39 is 0 Å². The molecule has 0 saturated heterocycles. The van der Waals surface area contributed by atoms with Gasteiger partial charge in [-0.05, 0) is 75.5 Å². The Hall–Kier alpha value is -4.82. The largest absolute Gasteiger partial charge is 0.456 e. The van der Waals surface area contributed by atoms with Crippen molar-refractivity contribution in [3.8, 4) is 16.8 Å². The molecule has 0 N–H and O–H groups in total. The van der Waals surface area contributed by atoms with E-state index in [1.54, 1.807) is 0 Å². The van der Waals surface area contributed by atoms with Gasteiger partial charge in [-0.25, -0.2) is 0 Å². The van der Waals surface area contributed by atoms with Crippen molar-refractivity contribution >= 4 is 54.5 Å². The maximum atomic E-state index is 6.18. The standard InChI is InChI=1S/C37H25NO/c1-37(2)31-20-23-10-4-3-9-22(23)19-29(31)27-16-17-28-25-11-5-7-13-32(25)38(36(28)35(27)37)24-15-18-34-30(21-24)26-12-6-8-14-33(26)39-34/h3-21H,1-2H3. The summed E-state index contributed by atoms with van der Waals surface area (Å²) in [5.41, 5.74) is 10.9. The van der Waals surface area contributed by atoms with E-state index in [2.05, 4.69) is 122 Å². The Kier molecular flexibility index (Phi) is 3.89. The Morgan fingerprint density at radius 2 is 1.28 bits per heavy atom. The van der Waals surface area contributed by atoms with Crippen LogP contribution in [0.15, 0.2) is 120 Å². The molecule has 0 saturated carbocycles. The summed E-state index contributed by atoms with van der Waals surface area (Å²) in [6.07, 6.45) is 0. The SMILES string of the molecule is CC1(C)c2cc3ccccc3cc2-c2ccc3c4ccccc4n(-c4ccc5oc6ccccc6c5c4)c3c21. The molecule has 2 heteroatoms. The number of para-hydroxylation sites is 2. The average molecular weight is 500 g/mol. The van der Waals surface area contributed by atoms with Gasteiger partial charge in [-0.3, -0.25) is 0 Å².